The molecule has 0 fully saturated rings. The lowest BCUT2D eigenvalue weighted by Crippen LogP contribution is -2.14. The third kappa shape index (κ3) is 3.56. The molecule has 5 aromatic rings. The van der Waals surface area contributed by atoms with Gasteiger partial charge >= 0.3 is 0 Å². The van der Waals surface area contributed by atoms with Crippen LogP contribution in [0.25, 0.3) is 27.8 Å². The number of hydrogen-bond acceptors (Lipinski definition) is 2. The highest BCUT2D eigenvalue weighted by Crippen LogP contribution is 2.31. The second-order valence-electron chi connectivity index (χ2n) is 7.31. The van der Waals surface area contributed by atoms with Crippen LogP contribution in [0.3, 0.4) is 0 Å². The molecule has 2 heterocycles. The minimum absolute atomic E-state index is 0.277. The lowest BCUT2D eigenvalue weighted by Gasteiger charge is -2.09. The van der Waals surface area contributed by atoms with E-state index in [1.54, 1.807) is 30.5 Å². The SMILES string of the molecule is Fc1ccccc1-c1cc(CNCc2c(F)cccc2Cl)c2cnc3ccccc3n12. The maximum Gasteiger partial charge on any atom is 0.132 e. The van der Waals surface area contributed by atoms with Crippen LogP contribution in [0.5, 0.6) is 0 Å². The van der Waals surface area contributed by atoms with Gasteiger partial charge in [-0.15, -0.1) is 0 Å². The number of aromatic nitrogens is 2. The normalized spacial score (nSPS) is 11.5. The van der Waals surface area contributed by atoms with E-state index < -0.39 is 0 Å². The van der Waals surface area contributed by atoms with E-state index in [-0.39, 0.29) is 18.2 Å². The molecular weight excluding hydrogens is 416 g/mol. The van der Waals surface area contributed by atoms with E-state index in [4.69, 9.17) is 11.6 Å². The summed E-state index contributed by atoms with van der Waals surface area (Å²) >= 11 is 6.14. The number of hydrogen-bond donors (Lipinski definition) is 1. The van der Waals surface area contributed by atoms with Crippen molar-refractivity contribution in [1.29, 1.82) is 0 Å². The van der Waals surface area contributed by atoms with Gasteiger partial charge in [-0.1, -0.05) is 41.9 Å². The Balaban J connectivity index is 1.59. The molecule has 0 radical (unpaired) electrons. The molecule has 0 saturated heterocycles. The number of halogens is 3. The minimum atomic E-state index is -0.346. The summed E-state index contributed by atoms with van der Waals surface area (Å²) in [4.78, 5) is 4.57. The van der Waals surface area contributed by atoms with Crippen molar-refractivity contribution in [3.8, 4) is 11.3 Å². The first-order valence-electron chi connectivity index (χ1n) is 9.90. The summed E-state index contributed by atoms with van der Waals surface area (Å²) in [5.74, 6) is -0.637. The fraction of sp³-hybridized carbons (Fsp3) is 0.0800. The van der Waals surface area contributed by atoms with Crippen LogP contribution < -0.4 is 5.32 Å². The Kier molecular flexibility index (Phi) is 5.14. The predicted octanol–water partition coefficient (Wildman–Crippen LogP) is 6.38. The van der Waals surface area contributed by atoms with Gasteiger partial charge in [0.25, 0.3) is 0 Å². The van der Waals surface area contributed by atoms with Gasteiger partial charge in [-0.25, -0.2) is 8.78 Å². The van der Waals surface area contributed by atoms with Crippen molar-refractivity contribution in [3.05, 3.63) is 107 Å². The summed E-state index contributed by atoms with van der Waals surface area (Å²) in [7, 11) is 0. The third-order valence-electron chi connectivity index (χ3n) is 5.40. The average molecular weight is 434 g/mol. The van der Waals surface area contributed by atoms with Crippen molar-refractivity contribution in [3.63, 3.8) is 0 Å². The number of fused-ring (bicyclic) bond motifs is 3. The minimum Gasteiger partial charge on any atom is -0.308 e. The maximum absolute atomic E-state index is 14.7. The van der Waals surface area contributed by atoms with Crippen molar-refractivity contribution < 1.29 is 8.78 Å². The van der Waals surface area contributed by atoms with Crippen LogP contribution in [0.15, 0.2) is 79.0 Å². The highest BCUT2D eigenvalue weighted by Gasteiger charge is 2.16. The molecule has 0 aliphatic carbocycles. The molecule has 3 aromatic carbocycles. The Morgan fingerprint density at radius 1 is 0.839 bits per heavy atom. The zero-order valence-electron chi connectivity index (χ0n) is 16.4. The Morgan fingerprint density at radius 3 is 2.45 bits per heavy atom. The Labute approximate surface area is 182 Å². The largest absolute Gasteiger partial charge is 0.308 e. The molecule has 0 saturated carbocycles. The lowest BCUT2D eigenvalue weighted by atomic mass is 10.1. The highest BCUT2D eigenvalue weighted by atomic mass is 35.5. The van der Waals surface area contributed by atoms with Crippen LogP contribution in [0.4, 0.5) is 8.78 Å². The molecular formula is C25H18ClF2N3. The molecule has 0 atom stereocenters. The molecule has 0 aliphatic heterocycles. The van der Waals surface area contributed by atoms with E-state index in [2.05, 4.69) is 10.3 Å². The number of rotatable bonds is 5. The van der Waals surface area contributed by atoms with Crippen molar-refractivity contribution in [2.45, 2.75) is 13.1 Å². The van der Waals surface area contributed by atoms with Gasteiger partial charge in [-0.3, -0.25) is 4.98 Å². The molecule has 5 rings (SSSR count). The van der Waals surface area contributed by atoms with Gasteiger partial charge in [0, 0.05) is 29.2 Å². The summed E-state index contributed by atoms with van der Waals surface area (Å²) in [5, 5.41) is 3.64. The van der Waals surface area contributed by atoms with Gasteiger partial charge in [-0.2, -0.15) is 0 Å². The standard InChI is InChI=1S/C25H18ClF2N3/c26-19-7-5-9-21(28)18(19)14-29-13-16-12-24(17-6-1-2-8-20(17)27)31-23-11-4-3-10-22(23)30-15-25(16)31/h1-12,15,29H,13-14H2. The number of para-hydroxylation sites is 2. The van der Waals surface area contributed by atoms with Crippen LogP contribution in [0.2, 0.25) is 5.02 Å². The summed E-state index contributed by atoms with van der Waals surface area (Å²) in [6.07, 6.45) is 1.79. The van der Waals surface area contributed by atoms with Crippen molar-refractivity contribution in [1.82, 2.24) is 14.7 Å². The van der Waals surface area contributed by atoms with Crippen LogP contribution in [0, 0.1) is 11.6 Å². The zero-order chi connectivity index (χ0) is 21.4. The van der Waals surface area contributed by atoms with Gasteiger partial charge in [0.2, 0.25) is 0 Å². The first kappa shape index (κ1) is 19.7. The third-order valence-corrected chi connectivity index (χ3v) is 5.75. The molecule has 31 heavy (non-hydrogen) atoms. The molecule has 0 spiro atoms. The first-order chi connectivity index (χ1) is 15.1. The zero-order valence-corrected chi connectivity index (χ0v) is 17.2. The van der Waals surface area contributed by atoms with Crippen LogP contribution in [0.1, 0.15) is 11.1 Å². The Hall–Kier alpha value is -3.28. The Morgan fingerprint density at radius 2 is 1.61 bits per heavy atom. The van der Waals surface area contributed by atoms with E-state index in [0.717, 1.165) is 27.8 Å². The second kappa shape index (κ2) is 8.10. The van der Waals surface area contributed by atoms with Gasteiger partial charge in [0.1, 0.15) is 11.6 Å². The lowest BCUT2D eigenvalue weighted by molar-refractivity contribution is 0.588. The molecule has 6 heteroatoms. The van der Waals surface area contributed by atoms with E-state index >= 15 is 0 Å². The molecule has 0 amide bonds. The van der Waals surface area contributed by atoms with Gasteiger partial charge in [0.05, 0.1) is 28.4 Å². The smallest absolute Gasteiger partial charge is 0.132 e. The quantitative estimate of drug-likeness (QED) is 0.348. The fourth-order valence-electron chi connectivity index (χ4n) is 3.90. The van der Waals surface area contributed by atoms with Gasteiger partial charge in [0.15, 0.2) is 0 Å². The molecule has 1 N–H and O–H groups in total. The van der Waals surface area contributed by atoms with Crippen LogP contribution >= 0.6 is 11.6 Å². The van der Waals surface area contributed by atoms with Crippen LogP contribution in [-0.4, -0.2) is 9.38 Å². The predicted molar refractivity (Wildman–Crippen MR) is 120 cm³/mol. The number of nitrogens with one attached hydrogen (secondary N) is 1. The molecule has 2 aromatic heterocycles. The maximum atomic E-state index is 14.7. The number of benzene rings is 3. The van der Waals surface area contributed by atoms with Crippen molar-refractivity contribution in [2.24, 2.45) is 0 Å². The monoisotopic (exact) mass is 433 g/mol. The molecule has 0 aliphatic rings. The van der Waals surface area contributed by atoms with Crippen molar-refractivity contribution in [2.75, 3.05) is 0 Å². The first-order valence-corrected chi connectivity index (χ1v) is 10.3. The molecule has 3 nitrogen and oxygen atoms in total. The van der Waals surface area contributed by atoms with E-state index in [1.165, 1.54) is 12.1 Å². The number of nitrogens with zero attached hydrogens (tertiary/aromatic N) is 2. The van der Waals surface area contributed by atoms with Crippen molar-refractivity contribution >= 4 is 28.2 Å². The van der Waals surface area contributed by atoms with Gasteiger partial charge < -0.3 is 9.72 Å². The summed E-state index contributed by atoms with van der Waals surface area (Å²) in [6, 6.07) is 21.1. The van der Waals surface area contributed by atoms with Gasteiger partial charge in [-0.05, 0) is 48.0 Å². The van der Waals surface area contributed by atoms with E-state index in [1.807, 2.05) is 40.8 Å². The second-order valence-corrected chi connectivity index (χ2v) is 7.71. The molecule has 0 unspecified atom stereocenters. The topological polar surface area (TPSA) is 29.3 Å². The summed E-state index contributed by atoms with van der Waals surface area (Å²) < 4.78 is 30.8. The van der Waals surface area contributed by atoms with Crippen LogP contribution in [-0.2, 0) is 13.1 Å². The fourth-order valence-corrected chi connectivity index (χ4v) is 4.13. The van der Waals surface area contributed by atoms with E-state index in [0.29, 0.717) is 22.7 Å². The Bertz CT molecular complexity index is 1390. The summed E-state index contributed by atoms with van der Waals surface area (Å²) in [5.41, 5.74) is 5.19. The summed E-state index contributed by atoms with van der Waals surface area (Å²) in [6.45, 7) is 0.724. The average Bonchev–Trinajstić information content (AvgIpc) is 3.15. The highest BCUT2D eigenvalue weighted by molar-refractivity contribution is 6.31. The molecule has 0 bridgehead atoms. The molecule has 154 valence electrons. The van der Waals surface area contributed by atoms with E-state index in [9.17, 15) is 8.78 Å².